The maximum Gasteiger partial charge on any atom is 0.149 e. The number of nitrogens with zero attached hydrogens (tertiary/aromatic N) is 2. The summed E-state index contributed by atoms with van der Waals surface area (Å²) in [6.45, 7) is 0.751. The Bertz CT molecular complexity index is 872. The van der Waals surface area contributed by atoms with Gasteiger partial charge in [-0.05, 0) is 17.7 Å². The molecule has 0 aliphatic rings. The highest BCUT2D eigenvalue weighted by atomic mass is 15.3. The largest absolute Gasteiger partial charge is 0.364 e. The molecule has 0 aliphatic heterocycles. The van der Waals surface area contributed by atoms with Crippen LogP contribution in [0.5, 0.6) is 0 Å². The third-order valence-electron chi connectivity index (χ3n) is 4.10. The predicted octanol–water partition coefficient (Wildman–Crippen LogP) is 5.15. The van der Waals surface area contributed by atoms with E-state index in [2.05, 4.69) is 72.0 Å². The molecular formula is C22H19N3. The van der Waals surface area contributed by atoms with Crippen LogP contribution in [0.1, 0.15) is 5.56 Å². The zero-order chi connectivity index (χ0) is 16.9. The van der Waals surface area contributed by atoms with Gasteiger partial charge >= 0.3 is 0 Å². The Morgan fingerprint density at radius 1 is 0.720 bits per heavy atom. The van der Waals surface area contributed by atoms with Crippen LogP contribution in [0.4, 0.5) is 5.82 Å². The number of nitrogens with one attached hydrogen (secondary N) is 1. The molecule has 0 atom stereocenters. The maximum absolute atomic E-state index is 4.78. The first-order valence-corrected chi connectivity index (χ1v) is 8.39. The summed E-state index contributed by atoms with van der Waals surface area (Å²) in [6.07, 6.45) is 0. The van der Waals surface area contributed by atoms with Crippen molar-refractivity contribution < 1.29 is 0 Å². The fraction of sp³-hybridized carbons (Fsp3) is 0.0455. The van der Waals surface area contributed by atoms with E-state index in [0.29, 0.717) is 0 Å². The summed E-state index contributed by atoms with van der Waals surface area (Å²) in [5.41, 5.74) is 4.50. The first kappa shape index (κ1) is 15.2. The highest BCUT2D eigenvalue weighted by Gasteiger charge is 2.11. The van der Waals surface area contributed by atoms with Crippen LogP contribution < -0.4 is 5.32 Å². The average Bonchev–Trinajstić information content (AvgIpc) is 3.13. The fourth-order valence-electron chi connectivity index (χ4n) is 2.84. The van der Waals surface area contributed by atoms with Crippen LogP contribution in [0.2, 0.25) is 0 Å². The maximum atomic E-state index is 4.78. The van der Waals surface area contributed by atoms with E-state index in [1.807, 2.05) is 35.0 Å². The SMILES string of the molecule is c1ccc(CNc2cc(-c3ccccc3)n(-c3ccccc3)n2)cc1. The number of rotatable bonds is 5. The highest BCUT2D eigenvalue weighted by molar-refractivity contribution is 5.66. The molecule has 3 aromatic carbocycles. The van der Waals surface area contributed by atoms with E-state index in [1.165, 1.54) is 5.56 Å². The molecule has 0 spiro atoms. The Kier molecular flexibility index (Phi) is 4.29. The van der Waals surface area contributed by atoms with Gasteiger partial charge in [0.05, 0.1) is 11.4 Å². The van der Waals surface area contributed by atoms with Gasteiger partial charge in [-0.3, -0.25) is 0 Å². The Labute approximate surface area is 147 Å². The Morgan fingerprint density at radius 2 is 1.32 bits per heavy atom. The van der Waals surface area contributed by atoms with Crippen molar-refractivity contribution in [2.75, 3.05) is 5.32 Å². The van der Waals surface area contributed by atoms with Crippen LogP contribution >= 0.6 is 0 Å². The Balaban J connectivity index is 1.68. The highest BCUT2D eigenvalue weighted by Crippen LogP contribution is 2.26. The van der Waals surface area contributed by atoms with Crippen LogP contribution in [0.15, 0.2) is 97.1 Å². The lowest BCUT2D eigenvalue weighted by atomic mass is 10.1. The molecule has 0 unspecified atom stereocenters. The monoisotopic (exact) mass is 325 g/mol. The van der Waals surface area contributed by atoms with E-state index in [1.54, 1.807) is 0 Å². The predicted molar refractivity (Wildman–Crippen MR) is 103 cm³/mol. The average molecular weight is 325 g/mol. The minimum Gasteiger partial charge on any atom is -0.364 e. The van der Waals surface area contributed by atoms with E-state index in [4.69, 9.17) is 5.10 Å². The van der Waals surface area contributed by atoms with Crippen molar-refractivity contribution in [3.63, 3.8) is 0 Å². The molecule has 4 aromatic rings. The van der Waals surface area contributed by atoms with Crippen molar-refractivity contribution in [2.24, 2.45) is 0 Å². The number of anilines is 1. The van der Waals surface area contributed by atoms with E-state index in [0.717, 1.165) is 29.3 Å². The summed E-state index contributed by atoms with van der Waals surface area (Å²) in [5.74, 6) is 0.867. The molecule has 3 heteroatoms. The second-order valence-electron chi connectivity index (χ2n) is 5.87. The van der Waals surface area contributed by atoms with Gasteiger partial charge < -0.3 is 5.32 Å². The zero-order valence-corrected chi connectivity index (χ0v) is 13.8. The molecule has 4 rings (SSSR count). The van der Waals surface area contributed by atoms with Crippen LogP contribution in [0.3, 0.4) is 0 Å². The van der Waals surface area contributed by atoms with E-state index in [-0.39, 0.29) is 0 Å². The van der Waals surface area contributed by atoms with Crippen molar-refractivity contribution in [1.29, 1.82) is 0 Å². The molecule has 0 fully saturated rings. The normalized spacial score (nSPS) is 10.6. The third-order valence-corrected chi connectivity index (χ3v) is 4.10. The molecule has 122 valence electrons. The summed E-state index contributed by atoms with van der Waals surface area (Å²) in [5, 5.41) is 8.21. The van der Waals surface area contributed by atoms with Crippen molar-refractivity contribution in [3.05, 3.63) is 103 Å². The third kappa shape index (κ3) is 3.45. The number of para-hydroxylation sites is 1. The summed E-state index contributed by atoms with van der Waals surface area (Å²) >= 11 is 0. The molecule has 0 saturated carbocycles. The molecule has 0 saturated heterocycles. The number of hydrogen-bond donors (Lipinski definition) is 1. The molecule has 1 N–H and O–H groups in total. The number of hydrogen-bond acceptors (Lipinski definition) is 2. The number of benzene rings is 3. The molecule has 1 heterocycles. The van der Waals surface area contributed by atoms with Crippen LogP contribution in [-0.4, -0.2) is 9.78 Å². The van der Waals surface area contributed by atoms with Gasteiger partial charge in [-0.2, -0.15) is 0 Å². The molecular weight excluding hydrogens is 306 g/mol. The lowest BCUT2D eigenvalue weighted by Gasteiger charge is -2.07. The first-order chi connectivity index (χ1) is 12.4. The lowest BCUT2D eigenvalue weighted by Crippen LogP contribution is -2.02. The van der Waals surface area contributed by atoms with Gasteiger partial charge in [0.15, 0.2) is 0 Å². The van der Waals surface area contributed by atoms with Crippen molar-refractivity contribution in [3.8, 4) is 16.9 Å². The molecule has 3 nitrogen and oxygen atoms in total. The van der Waals surface area contributed by atoms with Crippen molar-refractivity contribution in [2.45, 2.75) is 6.54 Å². The standard InChI is InChI=1S/C22H19N3/c1-4-10-18(11-5-1)17-23-22-16-21(19-12-6-2-7-13-19)25(24-22)20-14-8-3-9-15-20/h1-16H,17H2,(H,23,24). The Hall–Kier alpha value is -3.33. The molecule has 25 heavy (non-hydrogen) atoms. The minimum absolute atomic E-state index is 0.751. The Morgan fingerprint density at radius 3 is 2.00 bits per heavy atom. The van der Waals surface area contributed by atoms with Crippen molar-refractivity contribution >= 4 is 5.82 Å². The van der Waals surface area contributed by atoms with Crippen LogP contribution in [-0.2, 0) is 6.54 Å². The van der Waals surface area contributed by atoms with Crippen LogP contribution in [0, 0.1) is 0 Å². The molecule has 0 aliphatic carbocycles. The number of aromatic nitrogens is 2. The van der Waals surface area contributed by atoms with Crippen LogP contribution in [0.25, 0.3) is 16.9 Å². The van der Waals surface area contributed by atoms with Crippen molar-refractivity contribution in [1.82, 2.24) is 9.78 Å². The molecule has 0 amide bonds. The fourth-order valence-corrected chi connectivity index (χ4v) is 2.84. The van der Waals surface area contributed by atoms with Gasteiger partial charge in [0.25, 0.3) is 0 Å². The first-order valence-electron chi connectivity index (χ1n) is 8.39. The summed E-state index contributed by atoms with van der Waals surface area (Å²) in [4.78, 5) is 0. The topological polar surface area (TPSA) is 29.9 Å². The molecule has 0 radical (unpaired) electrons. The molecule has 0 bridgehead atoms. The summed E-state index contributed by atoms with van der Waals surface area (Å²) in [7, 11) is 0. The zero-order valence-electron chi connectivity index (χ0n) is 13.8. The van der Waals surface area contributed by atoms with Gasteiger partial charge in [0.2, 0.25) is 0 Å². The minimum atomic E-state index is 0.751. The second-order valence-corrected chi connectivity index (χ2v) is 5.87. The van der Waals surface area contributed by atoms with Gasteiger partial charge in [-0.1, -0.05) is 78.9 Å². The van der Waals surface area contributed by atoms with Gasteiger partial charge in [-0.25, -0.2) is 4.68 Å². The van der Waals surface area contributed by atoms with Gasteiger partial charge in [-0.15, -0.1) is 5.10 Å². The lowest BCUT2D eigenvalue weighted by molar-refractivity contribution is 0.884. The second kappa shape index (κ2) is 7.05. The van der Waals surface area contributed by atoms with Gasteiger partial charge in [0, 0.05) is 18.2 Å². The van der Waals surface area contributed by atoms with E-state index < -0.39 is 0 Å². The van der Waals surface area contributed by atoms with E-state index in [9.17, 15) is 0 Å². The smallest absolute Gasteiger partial charge is 0.149 e. The van der Waals surface area contributed by atoms with Gasteiger partial charge in [0.1, 0.15) is 5.82 Å². The quantitative estimate of drug-likeness (QED) is 0.550. The molecule has 1 aromatic heterocycles. The summed E-state index contributed by atoms with van der Waals surface area (Å²) < 4.78 is 1.99. The summed E-state index contributed by atoms with van der Waals surface area (Å²) in [6, 6.07) is 33.0. The van der Waals surface area contributed by atoms with E-state index >= 15 is 0 Å².